The van der Waals surface area contributed by atoms with Crippen molar-refractivity contribution in [1.82, 2.24) is 0 Å². The molecule has 0 saturated heterocycles. The number of nitrogens with zero attached hydrogens (tertiary/aromatic N) is 1. The van der Waals surface area contributed by atoms with E-state index in [1.54, 1.807) is 48.5 Å². The molecule has 17 heavy (non-hydrogen) atoms. The van der Waals surface area contributed by atoms with Crippen molar-refractivity contribution in [3.8, 4) is 5.75 Å². The normalized spacial score (nSPS) is 9.65. The van der Waals surface area contributed by atoms with Gasteiger partial charge in [0.15, 0.2) is 0 Å². The largest absolute Gasteiger partial charge is 0.508 e. The molecule has 3 N–H and O–H groups in total. The summed E-state index contributed by atoms with van der Waals surface area (Å²) in [6.45, 7) is 0. The van der Waals surface area contributed by atoms with E-state index in [4.69, 9.17) is 5.11 Å². The lowest BCUT2D eigenvalue weighted by molar-refractivity contribution is 0.475. The predicted molar refractivity (Wildman–Crippen MR) is 67.2 cm³/mol. The van der Waals surface area contributed by atoms with E-state index < -0.39 is 0 Å². The van der Waals surface area contributed by atoms with Crippen LogP contribution in [0.4, 0.5) is 17.1 Å². The molecule has 0 aliphatic heterocycles. The Hall–Kier alpha value is -2.56. The van der Waals surface area contributed by atoms with Gasteiger partial charge < -0.3 is 10.5 Å². The zero-order valence-electron chi connectivity index (χ0n) is 8.92. The third kappa shape index (κ3) is 2.72. The van der Waals surface area contributed by atoms with Crippen molar-refractivity contribution in [3.63, 3.8) is 0 Å². The summed E-state index contributed by atoms with van der Waals surface area (Å²) in [5.74, 6) is 0.200. The molecule has 0 aliphatic rings. The van der Waals surface area contributed by atoms with Crippen LogP contribution in [0.3, 0.4) is 0 Å². The van der Waals surface area contributed by atoms with E-state index in [0.717, 1.165) is 5.69 Å². The number of anilines is 2. The number of para-hydroxylation sites is 1. The molecule has 0 radical (unpaired) electrons. The smallest absolute Gasteiger partial charge is 0.132 e. The Balaban J connectivity index is 2.07. The Morgan fingerprint density at radius 2 is 1.65 bits per heavy atom. The summed E-state index contributed by atoms with van der Waals surface area (Å²) >= 11 is 0. The van der Waals surface area contributed by atoms with Gasteiger partial charge in [-0.3, -0.25) is 5.43 Å². The molecule has 0 spiro atoms. The monoisotopic (exact) mass is 229 g/mol. The van der Waals surface area contributed by atoms with Gasteiger partial charge in [0.25, 0.3) is 0 Å². The average molecular weight is 229 g/mol. The van der Waals surface area contributed by atoms with Crippen LogP contribution in [0.15, 0.2) is 53.7 Å². The number of phenolic OH excluding ortho intramolecular Hbond substituents is 1. The van der Waals surface area contributed by atoms with Crippen LogP contribution in [0.5, 0.6) is 5.75 Å². The molecule has 0 atom stereocenters. The summed E-state index contributed by atoms with van der Waals surface area (Å²) in [7, 11) is 0. The number of hydrogen-bond donors (Lipinski definition) is 3. The van der Waals surface area contributed by atoms with Gasteiger partial charge in [-0.25, -0.2) is 0 Å². The van der Waals surface area contributed by atoms with Crippen LogP contribution in [0, 0.1) is 4.91 Å². The second-order valence-electron chi connectivity index (χ2n) is 3.41. The van der Waals surface area contributed by atoms with Gasteiger partial charge in [-0.1, -0.05) is 12.1 Å². The number of nitroso groups, excluding NO2 is 1. The van der Waals surface area contributed by atoms with Gasteiger partial charge in [0.1, 0.15) is 11.4 Å². The first kappa shape index (κ1) is 10.9. The quantitative estimate of drug-likeness (QED) is 0.427. The first-order valence-electron chi connectivity index (χ1n) is 5.03. The van der Waals surface area contributed by atoms with E-state index in [1.165, 1.54) is 0 Å². The van der Waals surface area contributed by atoms with E-state index in [0.29, 0.717) is 11.4 Å². The fraction of sp³-hybridized carbons (Fsp3) is 0. The van der Waals surface area contributed by atoms with Crippen molar-refractivity contribution in [3.05, 3.63) is 53.4 Å². The van der Waals surface area contributed by atoms with Gasteiger partial charge in [0, 0.05) is 0 Å². The molecule has 0 bridgehead atoms. The highest BCUT2D eigenvalue weighted by molar-refractivity contribution is 5.67. The van der Waals surface area contributed by atoms with Gasteiger partial charge >= 0.3 is 0 Å². The van der Waals surface area contributed by atoms with Crippen molar-refractivity contribution in [2.24, 2.45) is 5.18 Å². The molecule has 2 aromatic carbocycles. The Morgan fingerprint density at radius 3 is 2.35 bits per heavy atom. The van der Waals surface area contributed by atoms with Crippen LogP contribution in [-0.2, 0) is 0 Å². The Morgan fingerprint density at radius 1 is 0.941 bits per heavy atom. The van der Waals surface area contributed by atoms with Crippen LogP contribution in [0.2, 0.25) is 0 Å². The number of hydrazine groups is 1. The number of phenols is 1. The Kier molecular flexibility index (Phi) is 3.20. The molecule has 5 nitrogen and oxygen atoms in total. The first-order chi connectivity index (χ1) is 8.29. The van der Waals surface area contributed by atoms with Crippen molar-refractivity contribution in [1.29, 1.82) is 0 Å². The third-order valence-electron chi connectivity index (χ3n) is 2.21. The van der Waals surface area contributed by atoms with Crippen molar-refractivity contribution >= 4 is 17.1 Å². The van der Waals surface area contributed by atoms with Gasteiger partial charge in [-0.05, 0) is 41.6 Å². The lowest BCUT2D eigenvalue weighted by Crippen LogP contribution is -2.08. The second kappa shape index (κ2) is 4.98. The molecule has 2 rings (SSSR count). The lowest BCUT2D eigenvalue weighted by atomic mass is 10.3. The summed E-state index contributed by atoms with van der Waals surface area (Å²) in [6.07, 6.45) is 0. The summed E-state index contributed by atoms with van der Waals surface area (Å²) in [5, 5.41) is 12.0. The van der Waals surface area contributed by atoms with E-state index >= 15 is 0 Å². The van der Waals surface area contributed by atoms with Crippen LogP contribution in [0.25, 0.3) is 0 Å². The van der Waals surface area contributed by atoms with Gasteiger partial charge in [0.2, 0.25) is 0 Å². The maximum absolute atomic E-state index is 10.5. The maximum atomic E-state index is 10.5. The number of aromatic hydroxyl groups is 1. The average Bonchev–Trinajstić information content (AvgIpc) is 2.38. The highest BCUT2D eigenvalue weighted by Crippen LogP contribution is 2.24. The number of hydrogen-bond acceptors (Lipinski definition) is 5. The molecule has 0 aromatic heterocycles. The fourth-order valence-electron chi connectivity index (χ4n) is 1.34. The van der Waals surface area contributed by atoms with Crippen molar-refractivity contribution in [2.75, 3.05) is 10.9 Å². The molecular weight excluding hydrogens is 218 g/mol. The summed E-state index contributed by atoms with van der Waals surface area (Å²) in [4.78, 5) is 10.5. The van der Waals surface area contributed by atoms with Crippen LogP contribution in [-0.4, -0.2) is 5.11 Å². The molecule has 5 heteroatoms. The van der Waals surface area contributed by atoms with Gasteiger partial charge in [0.05, 0.1) is 11.4 Å². The summed E-state index contributed by atoms with van der Waals surface area (Å²) < 4.78 is 0. The molecule has 0 aliphatic carbocycles. The van der Waals surface area contributed by atoms with Gasteiger partial charge in [-0.15, -0.1) is 4.91 Å². The molecule has 86 valence electrons. The molecule has 2 aromatic rings. The molecule has 0 heterocycles. The Bertz CT molecular complexity index is 511. The molecule has 0 saturated carbocycles. The molecular formula is C12H11N3O2. The minimum absolute atomic E-state index is 0.200. The van der Waals surface area contributed by atoms with Crippen LogP contribution < -0.4 is 10.9 Å². The minimum atomic E-state index is 0.200. The molecule has 0 fully saturated rings. The molecule has 0 amide bonds. The standard InChI is InChI=1S/C12H11N3O2/c16-10-7-5-9(6-8-10)13-14-11-3-1-2-4-12(11)15-17/h1-8,13-14,16H. The maximum Gasteiger partial charge on any atom is 0.132 e. The third-order valence-corrected chi connectivity index (χ3v) is 2.21. The molecule has 0 unspecified atom stereocenters. The van der Waals surface area contributed by atoms with E-state index in [2.05, 4.69) is 16.0 Å². The SMILES string of the molecule is O=Nc1ccccc1NNc1ccc(O)cc1. The van der Waals surface area contributed by atoms with Crippen molar-refractivity contribution < 1.29 is 5.11 Å². The zero-order valence-corrected chi connectivity index (χ0v) is 8.92. The Labute approximate surface area is 98.0 Å². The minimum Gasteiger partial charge on any atom is -0.508 e. The predicted octanol–water partition coefficient (Wildman–Crippen LogP) is 3.23. The van der Waals surface area contributed by atoms with Crippen LogP contribution >= 0.6 is 0 Å². The summed E-state index contributed by atoms with van der Waals surface area (Å²) in [5.41, 5.74) is 7.47. The van der Waals surface area contributed by atoms with E-state index in [9.17, 15) is 4.91 Å². The van der Waals surface area contributed by atoms with Gasteiger partial charge in [-0.2, -0.15) is 0 Å². The van der Waals surface area contributed by atoms with E-state index in [1.807, 2.05) is 0 Å². The number of benzene rings is 2. The van der Waals surface area contributed by atoms with Crippen molar-refractivity contribution in [2.45, 2.75) is 0 Å². The number of rotatable bonds is 4. The highest BCUT2D eigenvalue weighted by atomic mass is 16.3. The first-order valence-corrected chi connectivity index (χ1v) is 5.03. The van der Waals surface area contributed by atoms with Crippen LogP contribution in [0.1, 0.15) is 0 Å². The second-order valence-corrected chi connectivity index (χ2v) is 3.41. The number of nitrogens with one attached hydrogen (secondary N) is 2. The highest BCUT2D eigenvalue weighted by Gasteiger charge is 2.00. The lowest BCUT2D eigenvalue weighted by Gasteiger charge is -2.10. The van der Waals surface area contributed by atoms with E-state index in [-0.39, 0.29) is 5.75 Å². The topological polar surface area (TPSA) is 73.7 Å². The zero-order chi connectivity index (χ0) is 12.1. The summed E-state index contributed by atoms with van der Waals surface area (Å²) in [6, 6.07) is 13.4. The fourth-order valence-corrected chi connectivity index (χ4v) is 1.34.